The second-order valence-electron chi connectivity index (χ2n) is 5.10. The predicted molar refractivity (Wildman–Crippen MR) is 79.8 cm³/mol. The number of hydrogen-bond donors (Lipinski definition) is 2. The van der Waals surface area contributed by atoms with Crippen LogP contribution in [0.3, 0.4) is 0 Å². The number of carbonyl (C=O) groups excluding carboxylic acids is 1. The van der Waals surface area contributed by atoms with Gasteiger partial charge in [0.25, 0.3) is 0 Å². The van der Waals surface area contributed by atoms with Crippen LogP contribution in [0.1, 0.15) is 38.2 Å². The van der Waals surface area contributed by atoms with E-state index in [1.54, 1.807) is 0 Å². The minimum absolute atomic E-state index is 0.0444. The minimum atomic E-state index is 0.0444. The summed E-state index contributed by atoms with van der Waals surface area (Å²) in [6.45, 7) is 4.70. The maximum Gasteiger partial charge on any atom is 0.220 e. The average molecular weight is 279 g/mol. The molecule has 0 aliphatic heterocycles. The molecule has 0 bridgehead atoms. The van der Waals surface area contributed by atoms with Crippen molar-refractivity contribution in [2.24, 2.45) is 0 Å². The molecule has 0 spiro atoms. The Morgan fingerprint density at radius 3 is 2.65 bits per heavy atom. The molecular formula is C16H25NO3. The van der Waals surface area contributed by atoms with Crippen molar-refractivity contribution in [3.8, 4) is 5.75 Å². The van der Waals surface area contributed by atoms with Gasteiger partial charge in [-0.25, -0.2) is 0 Å². The van der Waals surface area contributed by atoms with E-state index in [1.165, 1.54) is 5.56 Å². The van der Waals surface area contributed by atoms with E-state index in [0.717, 1.165) is 18.6 Å². The van der Waals surface area contributed by atoms with E-state index in [2.05, 4.69) is 5.32 Å². The van der Waals surface area contributed by atoms with Crippen LogP contribution in [0.2, 0.25) is 0 Å². The van der Waals surface area contributed by atoms with Crippen molar-refractivity contribution in [1.29, 1.82) is 0 Å². The molecule has 0 radical (unpaired) electrons. The monoisotopic (exact) mass is 279 g/mol. The Kier molecular flexibility index (Phi) is 7.73. The Morgan fingerprint density at radius 2 is 2.00 bits per heavy atom. The van der Waals surface area contributed by atoms with E-state index in [-0.39, 0.29) is 18.6 Å². The normalized spacial score (nSPS) is 11.9. The Morgan fingerprint density at radius 1 is 1.30 bits per heavy atom. The standard InChI is InChI=1S/C16H25NO3/c1-13-7-9-15(10-8-13)20-12-4-6-16(19)17-14(2)5-3-11-18/h7-10,14,18H,3-6,11-12H2,1-2H3,(H,17,19). The first-order valence-corrected chi connectivity index (χ1v) is 7.21. The molecule has 0 saturated carbocycles. The number of nitrogens with one attached hydrogen (secondary N) is 1. The molecule has 20 heavy (non-hydrogen) atoms. The number of aliphatic hydroxyl groups excluding tert-OH is 1. The molecule has 0 saturated heterocycles. The van der Waals surface area contributed by atoms with E-state index in [0.29, 0.717) is 19.4 Å². The molecule has 1 rings (SSSR count). The third-order valence-electron chi connectivity index (χ3n) is 3.04. The SMILES string of the molecule is Cc1ccc(OCCCC(=O)NC(C)CCCO)cc1. The summed E-state index contributed by atoms with van der Waals surface area (Å²) in [5, 5.41) is 11.6. The van der Waals surface area contributed by atoms with Gasteiger partial charge in [-0.15, -0.1) is 0 Å². The second-order valence-corrected chi connectivity index (χ2v) is 5.10. The maximum atomic E-state index is 11.6. The maximum absolute atomic E-state index is 11.6. The van der Waals surface area contributed by atoms with Gasteiger partial charge in [0.2, 0.25) is 5.91 Å². The molecule has 0 aliphatic carbocycles. The van der Waals surface area contributed by atoms with E-state index in [4.69, 9.17) is 9.84 Å². The summed E-state index contributed by atoms with van der Waals surface area (Å²) < 4.78 is 5.57. The van der Waals surface area contributed by atoms with Crippen molar-refractivity contribution in [1.82, 2.24) is 5.32 Å². The molecule has 0 aromatic heterocycles. The van der Waals surface area contributed by atoms with Crippen molar-refractivity contribution in [2.75, 3.05) is 13.2 Å². The van der Waals surface area contributed by atoms with Crippen molar-refractivity contribution >= 4 is 5.91 Å². The fourth-order valence-electron chi connectivity index (χ4n) is 1.87. The molecule has 1 unspecified atom stereocenters. The minimum Gasteiger partial charge on any atom is -0.494 e. The van der Waals surface area contributed by atoms with Crippen LogP contribution in [-0.2, 0) is 4.79 Å². The summed E-state index contributed by atoms with van der Waals surface area (Å²) in [4.78, 5) is 11.6. The van der Waals surface area contributed by atoms with Crippen molar-refractivity contribution in [2.45, 2.75) is 45.6 Å². The predicted octanol–water partition coefficient (Wildman–Crippen LogP) is 2.43. The Labute approximate surface area is 121 Å². The van der Waals surface area contributed by atoms with Crippen molar-refractivity contribution < 1.29 is 14.6 Å². The highest BCUT2D eigenvalue weighted by Crippen LogP contribution is 2.11. The number of aliphatic hydroxyl groups is 1. The summed E-state index contributed by atoms with van der Waals surface area (Å²) in [6.07, 6.45) is 2.70. The smallest absolute Gasteiger partial charge is 0.220 e. The van der Waals surface area contributed by atoms with Crippen LogP contribution in [0.25, 0.3) is 0 Å². The van der Waals surface area contributed by atoms with Crippen LogP contribution in [0.4, 0.5) is 0 Å². The summed E-state index contributed by atoms with van der Waals surface area (Å²) >= 11 is 0. The number of carbonyl (C=O) groups is 1. The van der Waals surface area contributed by atoms with Gasteiger partial charge < -0.3 is 15.2 Å². The van der Waals surface area contributed by atoms with Gasteiger partial charge in [0, 0.05) is 19.1 Å². The van der Waals surface area contributed by atoms with Crippen LogP contribution in [-0.4, -0.2) is 30.3 Å². The fraction of sp³-hybridized carbons (Fsp3) is 0.562. The molecular weight excluding hydrogens is 254 g/mol. The summed E-state index contributed by atoms with van der Waals surface area (Å²) in [7, 11) is 0. The highest BCUT2D eigenvalue weighted by molar-refractivity contribution is 5.76. The zero-order valence-corrected chi connectivity index (χ0v) is 12.4. The number of ether oxygens (including phenoxy) is 1. The van der Waals surface area contributed by atoms with Gasteiger partial charge in [-0.2, -0.15) is 0 Å². The topological polar surface area (TPSA) is 58.6 Å². The molecule has 1 atom stereocenters. The van der Waals surface area contributed by atoms with Crippen LogP contribution in [0.15, 0.2) is 24.3 Å². The van der Waals surface area contributed by atoms with Gasteiger partial charge in [0.05, 0.1) is 6.61 Å². The molecule has 1 aromatic carbocycles. The van der Waals surface area contributed by atoms with Gasteiger partial charge in [0.15, 0.2) is 0 Å². The Bertz CT molecular complexity index is 389. The van der Waals surface area contributed by atoms with E-state index in [1.807, 2.05) is 38.1 Å². The van der Waals surface area contributed by atoms with Crippen LogP contribution < -0.4 is 10.1 Å². The summed E-state index contributed by atoms with van der Waals surface area (Å²) in [5.41, 5.74) is 1.20. The number of benzene rings is 1. The highest BCUT2D eigenvalue weighted by atomic mass is 16.5. The molecule has 4 heteroatoms. The molecule has 0 heterocycles. The highest BCUT2D eigenvalue weighted by Gasteiger charge is 2.06. The molecule has 1 amide bonds. The quantitative estimate of drug-likeness (QED) is 0.683. The third kappa shape index (κ3) is 7.14. The van der Waals surface area contributed by atoms with Gasteiger partial charge in [-0.3, -0.25) is 4.79 Å². The van der Waals surface area contributed by atoms with Gasteiger partial charge in [0.1, 0.15) is 5.75 Å². The molecule has 4 nitrogen and oxygen atoms in total. The average Bonchev–Trinajstić information content (AvgIpc) is 2.43. The van der Waals surface area contributed by atoms with Gasteiger partial charge in [-0.1, -0.05) is 17.7 Å². The van der Waals surface area contributed by atoms with Crippen molar-refractivity contribution in [3.05, 3.63) is 29.8 Å². The van der Waals surface area contributed by atoms with Gasteiger partial charge >= 0.3 is 0 Å². The Balaban J connectivity index is 2.11. The van der Waals surface area contributed by atoms with E-state index >= 15 is 0 Å². The molecule has 1 aromatic rings. The largest absolute Gasteiger partial charge is 0.494 e. The first kappa shape index (κ1) is 16.5. The first-order chi connectivity index (χ1) is 9.61. The van der Waals surface area contributed by atoms with Crippen LogP contribution in [0.5, 0.6) is 5.75 Å². The number of rotatable bonds is 9. The summed E-state index contributed by atoms with van der Waals surface area (Å²) in [5.74, 6) is 0.885. The third-order valence-corrected chi connectivity index (χ3v) is 3.04. The number of aryl methyl sites for hydroxylation is 1. The van der Waals surface area contributed by atoms with E-state index < -0.39 is 0 Å². The number of amides is 1. The van der Waals surface area contributed by atoms with Gasteiger partial charge in [-0.05, 0) is 45.2 Å². The molecule has 0 aliphatic rings. The lowest BCUT2D eigenvalue weighted by Gasteiger charge is -2.13. The lowest BCUT2D eigenvalue weighted by Crippen LogP contribution is -2.32. The van der Waals surface area contributed by atoms with Crippen molar-refractivity contribution in [3.63, 3.8) is 0 Å². The molecule has 0 fully saturated rings. The zero-order chi connectivity index (χ0) is 14.8. The molecule has 2 N–H and O–H groups in total. The van der Waals surface area contributed by atoms with Crippen LogP contribution in [0, 0.1) is 6.92 Å². The lowest BCUT2D eigenvalue weighted by atomic mass is 10.2. The molecule has 112 valence electrons. The Hall–Kier alpha value is -1.55. The first-order valence-electron chi connectivity index (χ1n) is 7.21. The second kappa shape index (κ2) is 9.37. The number of hydrogen-bond acceptors (Lipinski definition) is 3. The summed E-state index contributed by atoms with van der Waals surface area (Å²) in [6, 6.07) is 8.00. The van der Waals surface area contributed by atoms with E-state index in [9.17, 15) is 4.79 Å². The lowest BCUT2D eigenvalue weighted by molar-refractivity contribution is -0.121. The fourth-order valence-corrected chi connectivity index (χ4v) is 1.87. The van der Waals surface area contributed by atoms with Crippen LogP contribution >= 0.6 is 0 Å². The zero-order valence-electron chi connectivity index (χ0n) is 12.4.